The van der Waals surface area contributed by atoms with Crippen LogP contribution in [0, 0.1) is 0 Å². The molecule has 0 aromatic heterocycles. The van der Waals surface area contributed by atoms with Gasteiger partial charge in [-0.3, -0.25) is 4.79 Å². The van der Waals surface area contributed by atoms with Crippen molar-refractivity contribution in [2.24, 2.45) is 0 Å². The number of carbonyl (C=O) groups is 2. The molecule has 26 heavy (non-hydrogen) atoms. The van der Waals surface area contributed by atoms with Gasteiger partial charge in [-0.15, -0.1) is 0 Å². The van der Waals surface area contributed by atoms with Crippen LogP contribution in [0.15, 0.2) is 54.6 Å². The van der Waals surface area contributed by atoms with Crippen molar-refractivity contribution < 1.29 is 9.59 Å². The van der Waals surface area contributed by atoms with E-state index in [1.165, 1.54) is 5.56 Å². The molecule has 1 aliphatic rings. The van der Waals surface area contributed by atoms with E-state index in [1.807, 2.05) is 54.6 Å². The van der Waals surface area contributed by atoms with Gasteiger partial charge in [0.25, 0.3) is 5.91 Å². The number of hydrogen-bond donors (Lipinski definition) is 2. The van der Waals surface area contributed by atoms with Gasteiger partial charge in [-0.2, -0.15) is 0 Å². The smallest absolute Gasteiger partial charge is 0.321 e. The number of para-hydroxylation sites is 1. The second kappa shape index (κ2) is 8.52. The largest absolute Gasteiger partial charge is 0.349 e. The van der Waals surface area contributed by atoms with Gasteiger partial charge < -0.3 is 15.5 Å². The normalized spacial score (nSPS) is 14.7. The maximum atomic E-state index is 12.4. The van der Waals surface area contributed by atoms with Crippen LogP contribution in [0.4, 0.5) is 10.5 Å². The molecule has 3 rings (SSSR count). The molecule has 1 fully saturated rings. The first-order valence-electron chi connectivity index (χ1n) is 9.16. The highest BCUT2D eigenvalue weighted by molar-refractivity contribution is 5.94. The molecule has 0 radical (unpaired) electrons. The molecule has 1 aliphatic heterocycles. The molecule has 3 amide bonds. The zero-order valence-corrected chi connectivity index (χ0v) is 15.1. The number of piperidine rings is 1. The minimum Gasteiger partial charge on any atom is -0.349 e. The highest BCUT2D eigenvalue weighted by Gasteiger charge is 2.24. The monoisotopic (exact) mass is 351 g/mol. The molecule has 0 spiro atoms. The summed E-state index contributed by atoms with van der Waals surface area (Å²) in [6, 6.07) is 17.2. The standard InChI is InChI=1S/C21H25N3O2/c1-2-16-8-10-17(11-9-16)20(25)22-19-12-14-24(15-13-19)21(26)23-18-6-4-3-5-7-18/h3-11,19H,2,12-15H2,1H3,(H,22,25)(H,23,26). The number of urea groups is 1. The van der Waals surface area contributed by atoms with Gasteiger partial charge in [-0.25, -0.2) is 4.79 Å². The van der Waals surface area contributed by atoms with E-state index in [2.05, 4.69) is 17.6 Å². The minimum absolute atomic E-state index is 0.0418. The van der Waals surface area contributed by atoms with Crippen LogP contribution < -0.4 is 10.6 Å². The van der Waals surface area contributed by atoms with Crippen molar-refractivity contribution in [1.82, 2.24) is 10.2 Å². The lowest BCUT2D eigenvalue weighted by Gasteiger charge is -2.32. The van der Waals surface area contributed by atoms with Crippen LogP contribution in [0.25, 0.3) is 0 Å². The molecular formula is C21H25N3O2. The SMILES string of the molecule is CCc1ccc(C(=O)NC2CCN(C(=O)Nc3ccccc3)CC2)cc1. The van der Waals surface area contributed by atoms with Gasteiger partial charge in [0.15, 0.2) is 0 Å². The van der Waals surface area contributed by atoms with Crippen LogP contribution >= 0.6 is 0 Å². The number of benzene rings is 2. The lowest BCUT2D eigenvalue weighted by Crippen LogP contribution is -2.47. The van der Waals surface area contributed by atoms with Crippen LogP contribution in [0.1, 0.15) is 35.7 Å². The van der Waals surface area contributed by atoms with Crippen LogP contribution in [-0.4, -0.2) is 36.0 Å². The Morgan fingerprint density at radius 2 is 1.65 bits per heavy atom. The number of anilines is 1. The maximum absolute atomic E-state index is 12.4. The number of hydrogen-bond acceptors (Lipinski definition) is 2. The van der Waals surface area contributed by atoms with Gasteiger partial charge >= 0.3 is 6.03 Å². The Labute approximate surface area is 154 Å². The fourth-order valence-electron chi connectivity index (χ4n) is 3.11. The molecule has 2 N–H and O–H groups in total. The molecule has 1 saturated heterocycles. The third-order valence-electron chi connectivity index (χ3n) is 4.77. The van der Waals surface area contributed by atoms with E-state index in [0.29, 0.717) is 18.7 Å². The van der Waals surface area contributed by atoms with Crippen LogP contribution in [-0.2, 0) is 6.42 Å². The topological polar surface area (TPSA) is 61.4 Å². The Bertz CT molecular complexity index is 736. The summed E-state index contributed by atoms with van der Waals surface area (Å²) in [6.45, 7) is 3.37. The molecule has 0 bridgehead atoms. The lowest BCUT2D eigenvalue weighted by atomic mass is 10.0. The van der Waals surface area contributed by atoms with E-state index in [4.69, 9.17) is 0 Å². The second-order valence-electron chi connectivity index (χ2n) is 6.58. The molecule has 2 aromatic rings. The van der Waals surface area contributed by atoms with Gasteiger partial charge in [0.05, 0.1) is 0 Å². The Balaban J connectivity index is 1.47. The molecule has 136 valence electrons. The summed E-state index contributed by atoms with van der Waals surface area (Å²) >= 11 is 0. The number of amides is 3. The van der Waals surface area contributed by atoms with Gasteiger partial charge in [0.1, 0.15) is 0 Å². The Morgan fingerprint density at radius 1 is 1.00 bits per heavy atom. The highest BCUT2D eigenvalue weighted by Crippen LogP contribution is 2.14. The summed E-state index contributed by atoms with van der Waals surface area (Å²) in [5, 5.41) is 5.99. The molecule has 0 atom stereocenters. The molecular weight excluding hydrogens is 326 g/mol. The van der Waals surface area contributed by atoms with Crippen LogP contribution in [0.5, 0.6) is 0 Å². The fraction of sp³-hybridized carbons (Fsp3) is 0.333. The van der Waals surface area contributed by atoms with E-state index in [1.54, 1.807) is 4.90 Å². The molecule has 1 heterocycles. The first-order valence-corrected chi connectivity index (χ1v) is 9.16. The average molecular weight is 351 g/mol. The number of rotatable bonds is 4. The zero-order valence-electron chi connectivity index (χ0n) is 15.1. The first kappa shape index (κ1) is 18.0. The van der Waals surface area contributed by atoms with Gasteiger partial charge in [0, 0.05) is 30.4 Å². The van der Waals surface area contributed by atoms with Crippen molar-refractivity contribution >= 4 is 17.6 Å². The van der Waals surface area contributed by atoms with Crippen molar-refractivity contribution in [3.05, 3.63) is 65.7 Å². The molecule has 0 aliphatic carbocycles. The van der Waals surface area contributed by atoms with Crippen LogP contribution in [0.2, 0.25) is 0 Å². The summed E-state index contributed by atoms with van der Waals surface area (Å²) in [7, 11) is 0. The van der Waals surface area contributed by atoms with Gasteiger partial charge in [-0.05, 0) is 49.1 Å². The number of likely N-dealkylation sites (tertiary alicyclic amines) is 1. The third kappa shape index (κ3) is 4.63. The second-order valence-corrected chi connectivity index (χ2v) is 6.58. The molecule has 0 saturated carbocycles. The van der Waals surface area contributed by atoms with Gasteiger partial charge in [0.2, 0.25) is 0 Å². The molecule has 5 heteroatoms. The summed E-state index contributed by atoms with van der Waals surface area (Å²) in [5.74, 6) is -0.0418. The Kier molecular flexibility index (Phi) is 5.89. The Hall–Kier alpha value is -2.82. The van der Waals surface area contributed by atoms with Crippen molar-refractivity contribution in [2.45, 2.75) is 32.2 Å². The number of aryl methyl sites for hydroxylation is 1. The van der Waals surface area contributed by atoms with E-state index in [0.717, 1.165) is 24.9 Å². The summed E-state index contributed by atoms with van der Waals surface area (Å²) in [4.78, 5) is 26.5. The predicted molar refractivity (Wildman–Crippen MR) is 103 cm³/mol. The van der Waals surface area contributed by atoms with E-state index in [-0.39, 0.29) is 18.0 Å². The van der Waals surface area contributed by atoms with Crippen molar-refractivity contribution in [3.63, 3.8) is 0 Å². The average Bonchev–Trinajstić information content (AvgIpc) is 2.69. The summed E-state index contributed by atoms with van der Waals surface area (Å²) < 4.78 is 0. The van der Waals surface area contributed by atoms with E-state index in [9.17, 15) is 9.59 Å². The molecule has 5 nitrogen and oxygen atoms in total. The van der Waals surface area contributed by atoms with Crippen LogP contribution in [0.3, 0.4) is 0 Å². The predicted octanol–water partition coefficient (Wildman–Crippen LogP) is 3.68. The number of nitrogens with one attached hydrogen (secondary N) is 2. The molecule has 0 unspecified atom stereocenters. The Morgan fingerprint density at radius 3 is 2.27 bits per heavy atom. The van der Waals surface area contributed by atoms with Gasteiger partial charge in [-0.1, -0.05) is 37.3 Å². The number of nitrogens with zero attached hydrogens (tertiary/aromatic N) is 1. The van der Waals surface area contributed by atoms with Crippen molar-refractivity contribution in [2.75, 3.05) is 18.4 Å². The molecule has 2 aromatic carbocycles. The highest BCUT2D eigenvalue weighted by atomic mass is 16.2. The van der Waals surface area contributed by atoms with Crippen molar-refractivity contribution in [3.8, 4) is 0 Å². The number of carbonyl (C=O) groups excluding carboxylic acids is 2. The van der Waals surface area contributed by atoms with E-state index >= 15 is 0 Å². The van der Waals surface area contributed by atoms with E-state index < -0.39 is 0 Å². The quantitative estimate of drug-likeness (QED) is 0.883. The summed E-state index contributed by atoms with van der Waals surface area (Å²) in [5.41, 5.74) is 2.70. The third-order valence-corrected chi connectivity index (χ3v) is 4.77. The fourth-order valence-corrected chi connectivity index (χ4v) is 3.11. The summed E-state index contributed by atoms with van der Waals surface area (Å²) in [6.07, 6.45) is 2.49. The first-order chi connectivity index (χ1) is 12.7. The van der Waals surface area contributed by atoms with Crippen molar-refractivity contribution in [1.29, 1.82) is 0 Å². The minimum atomic E-state index is -0.0869. The lowest BCUT2D eigenvalue weighted by molar-refractivity contribution is 0.0919. The zero-order chi connectivity index (χ0) is 18.4. The maximum Gasteiger partial charge on any atom is 0.321 e.